The lowest BCUT2D eigenvalue weighted by atomic mass is 9.84. The van der Waals surface area contributed by atoms with Gasteiger partial charge < -0.3 is 4.74 Å². The summed E-state index contributed by atoms with van der Waals surface area (Å²) >= 11 is 0. The van der Waals surface area contributed by atoms with Gasteiger partial charge in [0.2, 0.25) is 5.82 Å². The minimum atomic E-state index is -1.23. The molecule has 4 unspecified atom stereocenters. The first kappa shape index (κ1) is 20.2. The van der Waals surface area contributed by atoms with Crippen LogP contribution in [0.3, 0.4) is 0 Å². The van der Waals surface area contributed by atoms with Gasteiger partial charge in [0.1, 0.15) is 0 Å². The molecule has 2 aromatic carbocycles. The van der Waals surface area contributed by atoms with Crippen molar-refractivity contribution in [3.05, 3.63) is 53.1 Å². The lowest BCUT2D eigenvalue weighted by molar-refractivity contribution is 0.314. The van der Waals surface area contributed by atoms with E-state index in [1.807, 2.05) is 0 Å². The monoisotopic (exact) mass is 406 g/mol. The molecule has 5 heteroatoms. The van der Waals surface area contributed by atoms with Crippen molar-refractivity contribution in [2.75, 3.05) is 6.61 Å². The van der Waals surface area contributed by atoms with Crippen molar-refractivity contribution in [1.82, 2.24) is 0 Å². The molecule has 0 amide bonds. The number of hydrogen-bond donors (Lipinski definition) is 0. The number of rotatable bonds is 5. The van der Waals surface area contributed by atoms with Crippen molar-refractivity contribution in [2.45, 2.75) is 51.9 Å². The molecule has 0 bridgehead atoms. The third-order valence-corrected chi connectivity index (χ3v) is 7.03. The van der Waals surface area contributed by atoms with Gasteiger partial charge in [0.05, 0.1) is 6.61 Å². The molecule has 156 valence electrons. The molecule has 2 fully saturated rings. The molecule has 2 aliphatic carbocycles. The third kappa shape index (κ3) is 3.32. The van der Waals surface area contributed by atoms with Crippen LogP contribution in [0.2, 0.25) is 0 Å². The maximum atomic E-state index is 15.1. The summed E-state index contributed by atoms with van der Waals surface area (Å²) in [7, 11) is 0. The van der Waals surface area contributed by atoms with Crippen molar-refractivity contribution in [1.29, 1.82) is 0 Å². The summed E-state index contributed by atoms with van der Waals surface area (Å²) in [5.41, 5.74) is -0.189. The number of fused-ring (bicyclic) bond motifs is 1. The van der Waals surface area contributed by atoms with Crippen molar-refractivity contribution >= 4 is 0 Å². The maximum absolute atomic E-state index is 15.1. The standard InChI is InChI=1S/C24H26F4O/c1-3-13-5-6-15-14(13)7-8-16(15)17-9-10-18(22(26)21(17)25)19-11-12-20(29-4-2)24(28)23(19)27/h9-16H,3-8H2,1-2H3. The predicted octanol–water partition coefficient (Wildman–Crippen LogP) is 7.24. The number of hydrogen-bond acceptors (Lipinski definition) is 1. The van der Waals surface area contributed by atoms with Crippen LogP contribution in [-0.4, -0.2) is 6.61 Å². The first-order valence-corrected chi connectivity index (χ1v) is 10.6. The normalized spacial score (nSPS) is 26.0. The molecule has 0 saturated heterocycles. The Hall–Kier alpha value is -2.04. The Bertz CT molecular complexity index is 910. The van der Waals surface area contributed by atoms with E-state index >= 15 is 4.39 Å². The second-order valence-electron chi connectivity index (χ2n) is 8.26. The molecule has 29 heavy (non-hydrogen) atoms. The summed E-state index contributed by atoms with van der Waals surface area (Å²) in [6.07, 6.45) is 5.24. The van der Waals surface area contributed by atoms with Gasteiger partial charge in [0.25, 0.3) is 0 Å². The average Bonchev–Trinajstić information content (AvgIpc) is 3.30. The zero-order chi connectivity index (χ0) is 20.7. The van der Waals surface area contributed by atoms with E-state index in [-0.39, 0.29) is 29.4 Å². The summed E-state index contributed by atoms with van der Waals surface area (Å²) in [6.45, 7) is 4.02. The zero-order valence-electron chi connectivity index (χ0n) is 16.8. The van der Waals surface area contributed by atoms with Gasteiger partial charge >= 0.3 is 0 Å². The summed E-state index contributed by atoms with van der Waals surface area (Å²) in [6, 6.07) is 5.42. The number of ether oxygens (including phenoxy) is 1. The molecule has 1 nitrogen and oxygen atoms in total. The Morgan fingerprint density at radius 3 is 2.10 bits per heavy atom. The van der Waals surface area contributed by atoms with E-state index in [2.05, 4.69) is 6.92 Å². The van der Waals surface area contributed by atoms with Gasteiger partial charge in [-0.25, -0.2) is 13.2 Å². The summed E-state index contributed by atoms with van der Waals surface area (Å²) < 4.78 is 63.7. The van der Waals surface area contributed by atoms with Crippen LogP contribution in [0.1, 0.15) is 57.4 Å². The molecule has 0 heterocycles. The molecule has 0 spiro atoms. The van der Waals surface area contributed by atoms with E-state index in [0.29, 0.717) is 23.3 Å². The van der Waals surface area contributed by atoms with Crippen LogP contribution in [0.25, 0.3) is 11.1 Å². The molecular formula is C24H26F4O. The second kappa shape index (κ2) is 8.00. The zero-order valence-corrected chi connectivity index (χ0v) is 16.8. The van der Waals surface area contributed by atoms with E-state index in [4.69, 9.17) is 4.74 Å². The Morgan fingerprint density at radius 2 is 1.41 bits per heavy atom. The van der Waals surface area contributed by atoms with Gasteiger partial charge in [-0.2, -0.15) is 4.39 Å². The van der Waals surface area contributed by atoms with E-state index in [1.165, 1.54) is 18.2 Å². The Kier molecular flexibility index (Phi) is 5.58. The molecule has 0 aromatic heterocycles. The first-order valence-electron chi connectivity index (χ1n) is 10.6. The average molecular weight is 406 g/mol. The number of benzene rings is 2. The second-order valence-corrected chi connectivity index (χ2v) is 8.26. The van der Waals surface area contributed by atoms with Crippen LogP contribution < -0.4 is 4.74 Å². The SMILES string of the molecule is CCOc1ccc(-c2ccc(C3CCC4C(CC)CCC34)c(F)c2F)c(F)c1F. The van der Waals surface area contributed by atoms with Crippen LogP contribution >= 0.6 is 0 Å². The van der Waals surface area contributed by atoms with Crippen LogP contribution in [0.5, 0.6) is 5.75 Å². The molecule has 2 saturated carbocycles. The fourth-order valence-corrected chi connectivity index (χ4v) is 5.68. The highest BCUT2D eigenvalue weighted by Crippen LogP contribution is 2.55. The molecule has 2 aliphatic rings. The number of halogens is 4. The molecular weight excluding hydrogens is 380 g/mol. The van der Waals surface area contributed by atoms with Gasteiger partial charge in [-0.05, 0) is 74.0 Å². The van der Waals surface area contributed by atoms with Crippen molar-refractivity contribution in [3.8, 4) is 16.9 Å². The smallest absolute Gasteiger partial charge is 0.201 e. The van der Waals surface area contributed by atoms with Crippen LogP contribution in [0.15, 0.2) is 24.3 Å². The molecule has 0 radical (unpaired) electrons. The maximum Gasteiger partial charge on any atom is 0.201 e. The summed E-state index contributed by atoms with van der Waals surface area (Å²) in [4.78, 5) is 0. The van der Waals surface area contributed by atoms with Crippen molar-refractivity contribution in [2.24, 2.45) is 17.8 Å². The topological polar surface area (TPSA) is 9.23 Å². The quantitative estimate of drug-likeness (QED) is 0.476. The van der Waals surface area contributed by atoms with Gasteiger partial charge in [0, 0.05) is 11.1 Å². The molecule has 2 aromatic rings. The van der Waals surface area contributed by atoms with Crippen LogP contribution in [0.4, 0.5) is 17.6 Å². The highest BCUT2D eigenvalue weighted by Gasteiger charge is 2.45. The lowest BCUT2D eigenvalue weighted by Gasteiger charge is -2.22. The lowest BCUT2D eigenvalue weighted by Crippen LogP contribution is -2.13. The van der Waals surface area contributed by atoms with E-state index < -0.39 is 23.3 Å². The third-order valence-electron chi connectivity index (χ3n) is 7.03. The van der Waals surface area contributed by atoms with Crippen LogP contribution in [0, 0.1) is 41.0 Å². The summed E-state index contributed by atoms with van der Waals surface area (Å²) in [5.74, 6) is -3.05. The Labute approximate surface area is 169 Å². The highest BCUT2D eigenvalue weighted by atomic mass is 19.2. The molecule has 4 rings (SSSR count). The Morgan fingerprint density at radius 1 is 0.759 bits per heavy atom. The van der Waals surface area contributed by atoms with Gasteiger partial charge in [-0.1, -0.05) is 25.5 Å². The van der Waals surface area contributed by atoms with E-state index in [0.717, 1.165) is 32.1 Å². The molecule has 4 atom stereocenters. The van der Waals surface area contributed by atoms with Crippen molar-refractivity contribution in [3.63, 3.8) is 0 Å². The van der Waals surface area contributed by atoms with Crippen molar-refractivity contribution < 1.29 is 22.3 Å². The molecule has 0 N–H and O–H groups in total. The highest BCUT2D eigenvalue weighted by molar-refractivity contribution is 5.67. The Balaban J connectivity index is 1.68. The fourth-order valence-electron chi connectivity index (χ4n) is 5.68. The van der Waals surface area contributed by atoms with E-state index in [1.54, 1.807) is 13.0 Å². The first-order chi connectivity index (χ1) is 14.0. The van der Waals surface area contributed by atoms with E-state index in [9.17, 15) is 13.2 Å². The summed E-state index contributed by atoms with van der Waals surface area (Å²) in [5, 5.41) is 0. The van der Waals surface area contributed by atoms with Gasteiger partial charge in [-0.3, -0.25) is 0 Å². The molecule has 0 aliphatic heterocycles. The minimum absolute atomic E-state index is 0.00186. The largest absolute Gasteiger partial charge is 0.491 e. The van der Waals surface area contributed by atoms with Gasteiger partial charge in [0.15, 0.2) is 23.2 Å². The van der Waals surface area contributed by atoms with Crippen LogP contribution in [-0.2, 0) is 0 Å². The predicted molar refractivity (Wildman–Crippen MR) is 105 cm³/mol. The minimum Gasteiger partial charge on any atom is -0.491 e. The fraction of sp³-hybridized carbons (Fsp3) is 0.500. The van der Waals surface area contributed by atoms with Gasteiger partial charge in [-0.15, -0.1) is 0 Å².